The highest BCUT2D eigenvalue weighted by atomic mass is 79.9. The van der Waals surface area contributed by atoms with Crippen LogP contribution in [0.25, 0.3) is 6.08 Å². The molecule has 2 aromatic carbocycles. The maximum atomic E-state index is 12.8. The summed E-state index contributed by atoms with van der Waals surface area (Å²) < 4.78 is 12.9. The first-order valence-electron chi connectivity index (χ1n) is 10.1. The number of hydrogen-bond acceptors (Lipinski definition) is 6. The third-order valence-corrected chi connectivity index (χ3v) is 6.79. The Hall–Kier alpha value is -2.07. The molecule has 10 heteroatoms. The number of hydrogen-bond donors (Lipinski definition) is 1. The Morgan fingerprint density at radius 3 is 2.67 bits per heavy atom. The molecule has 0 radical (unpaired) electrons. The molecule has 0 spiro atoms. The van der Waals surface area contributed by atoms with E-state index in [0.29, 0.717) is 49.9 Å². The Morgan fingerprint density at radius 1 is 1.27 bits per heavy atom. The number of thiocarbonyl (C=S) groups is 1. The molecule has 0 atom stereocenters. The van der Waals surface area contributed by atoms with Gasteiger partial charge in [-0.2, -0.15) is 0 Å². The number of amides is 1. The van der Waals surface area contributed by atoms with Crippen LogP contribution in [-0.2, 0) is 16.2 Å². The van der Waals surface area contributed by atoms with Crippen LogP contribution in [0.15, 0.2) is 45.8 Å². The van der Waals surface area contributed by atoms with Crippen molar-refractivity contribution in [3.8, 4) is 11.5 Å². The molecule has 1 aliphatic heterocycles. The smallest absolute Gasteiger partial charge is 0.303 e. The zero-order valence-electron chi connectivity index (χ0n) is 17.7. The molecule has 1 amide bonds. The molecule has 0 aromatic heterocycles. The number of nitrogens with zero attached hydrogens (tertiary/aromatic N) is 1. The summed E-state index contributed by atoms with van der Waals surface area (Å²) in [6.07, 6.45) is 2.07. The van der Waals surface area contributed by atoms with E-state index in [0.717, 1.165) is 11.1 Å². The second-order valence-corrected chi connectivity index (χ2v) is 9.98. The largest absolute Gasteiger partial charge is 0.490 e. The quantitative estimate of drug-likeness (QED) is 0.271. The Bertz CT molecular complexity index is 1090. The number of thioether (sulfide) groups is 1. The third-order valence-electron chi connectivity index (χ3n) is 4.57. The van der Waals surface area contributed by atoms with Gasteiger partial charge < -0.3 is 14.6 Å². The van der Waals surface area contributed by atoms with Crippen LogP contribution in [0, 0.1) is 0 Å². The number of rotatable bonds is 10. The van der Waals surface area contributed by atoms with Crippen LogP contribution in [0.1, 0.15) is 30.9 Å². The Balaban J connectivity index is 1.78. The molecule has 1 heterocycles. The van der Waals surface area contributed by atoms with Crippen molar-refractivity contribution >= 4 is 73.8 Å². The Kier molecular flexibility index (Phi) is 9.19. The molecule has 1 N–H and O–H groups in total. The predicted octanol–water partition coefficient (Wildman–Crippen LogP) is 6.15. The van der Waals surface area contributed by atoms with Crippen LogP contribution in [0.5, 0.6) is 11.5 Å². The van der Waals surface area contributed by atoms with Gasteiger partial charge in [-0.25, -0.2) is 0 Å². The van der Waals surface area contributed by atoms with Gasteiger partial charge in [0.1, 0.15) is 10.9 Å². The van der Waals surface area contributed by atoms with Gasteiger partial charge in [-0.3, -0.25) is 14.5 Å². The number of ether oxygens (including phenoxy) is 2. The summed E-state index contributed by atoms with van der Waals surface area (Å²) in [5.41, 5.74) is 1.71. The van der Waals surface area contributed by atoms with Crippen LogP contribution in [-0.4, -0.2) is 39.4 Å². The second kappa shape index (κ2) is 11.9. The predicted molar refractivity (Wildman–Crippen MR) is 138 cm³/mol. The van der Waals surface area contributed by atoms with Crippen molar-refractivity contribution in [2.24, 2.45) is 0 Å². The summed E-state index contributed by atoms with van der Waals surface area (Å²) in [4.78, 5) is 25.4. The zero-order valence-corrected chi connectivity index (χ0v) is 21.7. The van der Waals surface area contributed by atoms with Crippen LogP contribution in [0.3, 0.4) is 0 Å². The molecular weight excluding hydrogens is 550 g/mol. The van der Waals surface area contributed by atoms with Gasteiger partial charge in [0.05, 0.1) is 16.0 Å². The summed E-state index contributed by atoms with van der Waals surface area (Å²) in [5, 5.41) is 9.47. The van der Waals surface area contributed by atoms with Gasteiger partial charge in [-0.15, -0.1) is 0 Å². The number of benzene rings is 2. The standard InChI is InChI=1S/C23H21BrClNO5S2/c1-2-30-18-11-15(10-17(24)21(18)31-13-14-5-7-16(25)8-6-14)12-19-22(29)26(23(32)33-19)9-3-4-20(27)28/h5-8,10-12H,2-4,9,13H2,1H3,(H,27,28)/b19-12-. The van der Waals surface area contributed by atoms with Gasteiger partial charge in [0.2, 0.25) is 0 Å². The summed E-state index contributed by atoms with van der Waals surface area (Å²) in [6, 6.07) is 11.0. The summed E-state index contributed by atoms with van der Waals surface area (Å²) in [6.45, 7) is 2.94. The van der Waals surface area contributed by atoms with Crippen LogP contribution >= 0.6 is 51.5 Å². The lowest BCUT2D eigenvalue weighted by atomic mass is 10.1. The summed E-state index contributed by atoms with van der Waals surface area (Å²) in [5.74, 6) is -0.0237. The van der Waals surface area contributed by atoms with E-state index in [4.69, 9.17) is 38.4 Å². The maximum absolute atomic E-state index is 12.8. The molecular formula is C23H21BrClNO5S2. The fraction of sp³-hybridized carbons (Fsp3) is 0.261. The number of carboxylic acid groups (broad SMARTS) is 1. The molecule has 1 fully saturated rings. The van der Waals surface area contributed by atoms with Crippen LogP contribution in [0.2, 0.25) is 5.02 Å². The van der Waals surface area contributed by atoms with Crippen molar-refractivity contribution in [3.05, 3.63) is 61.9 Å². The van der Waals surface area contributed by atoms with E-state index >= 15 is 0 Å². The van der Waals surface area contributed by atoms with Gasteiger partial charge in [-0.1, -0.05) is 47.7 Å². The summed E-state index contributed by atoms with van der Waals surface area (Å²) >= 11 is 16.0. The average Bonchev–Trinajstić information content (AvgIpc) is 3.01. The zero-order chi connectivity index (χ0) is 24.0. The van der Waals surface area contributed by atoms with Crippen molar-refractivity contribution in [2.45, 2.75) is 26.4 Å². The van der Waals surface area contributed by atoms with Crippen molar-refractivity contribution in [1.82, 2.24) is 4.90 Å². The number of carbonyl (C=O) groups excluding carboxylic acids is 1. The molecule has 1 saturated heterocycles. The summed E-state index contributed by atoms with van der Waals surface area (Å²) in [7, 11) is 0. The number of carbonyl (C=O) groups is 2. The molecule has 33 heavy (non-hydrogen) atoms. The topological polar surface area (TPSA) is 76.1 Å². The van der Waals surface area contributed by atoms with Crippen LogP contribution < -0.4 is 9.47 Å². The Morgan fingerprint density at radius 2 is 2.00 bits per heavy atom. The van der Waals surface area contributed by atoms with E-state index in [2.05, 4.69) is 15.9 Å². The van der Waals surface area contributed by atoms with Crippen molar-refractivity contribution < 1.29 is 24.2 Å². The highest BCUT2D eigenvalue weighted by Gasteiger charge is 2.31. The number of halogens is 2. The molecule has 0 bridgehead atoms. The van der Waals surface area contributed by atoms with E-state index in [-0.39, 0.29) is 18.9 Å². The SMILES string of the molecule is CCOc1cc(/C=C2\SC(=S)N(CCCC(=O)O)C2=O)cc(Br)c1OCc1ccc(Cl)cc1. The van der Waals surface area contributed by atoms with E-state index in [1.807, 2.05) is 31.2 Å². The lowest BCUT2D eigenvalue weighted by Crippen LogP contribution is -2.29. The van der Waals surface area contributed by atoms with Gasteiger partial charge in [0.15, 0.2) is 11.5 Å². The molecule has 2 aromatic rings. The molecule has 174 valence electrons. The lowest BCUT2D eigenvalue weighted by molar-refractivity contribution is -0.137. The Labute approximate surface area is 215 Å². The lowest BCUT2D eigenvalue weighted by Gasteiger charge is -2.15. The minimum Gasteiger partial charge on any atom is -0.490 e. The van der Waals surface area contributed by atoms with Gasteiger partial charge in [0, 0.05) is 18.0 Å². The van der Waals surface area contributed by atoms with Gasteiger partial charge >= 0.3 is 5.97 Å². The minimum absolute atomic E-state index is 0.0156. The highest BCUT2D eigenvalue weighted by Crippen LogP contribution is 2.40. The van der Waals surface area contributed by atoms with E-state index in [1.165, 1.54) is 16.7 Å². The molecule has 6 nitrogen and oxygen atoms in total. The first-order chi connectivity index (χ1) is 15.8. The second-order valence-electron chi connectivity index (χ2n) is 7.01. The molecule has 0 aliphatic carbocycles. The normalized spacial score (nSPS) is 14.8. The van der Waals surface area contributed by atoms with Crippen molar-refractivity contribution in [3.63, 3.8) is 0 Å². The molecule has 0 unspecified atom stereocenters. The fourth-order valence-corrected chi connectivity index (χ4v) is 5.05. The van der Waals surface area contributed by atoms with Crippen LogP contribution in [0.4, 0.5) is 0 Å². The fourth-order valence-electron chi connectivity index (χ4n) is 3.04. The van der Waals surface area contributed by atoms with E-state index in [1.54, 1.807) is 18.2 Å². The molecule has 1 aliphatic rings. The average molecular weight is 571 g/mol. The molecule has 3 rings (SSSR count). The first kappa shape index (κ1) is 25.6. The first-order valence-corrected chi connectivity index (χ1v) is 12.5. The van der Waals surface area contributed by atoms with Crippen molar-refractivity contribution in [1.29, 1.82) is 0 Å². The number of carboxylic acids is 1. The monoisotopic (exact) mass is 569 g/mol. The minimum atomic E-state index is -0.900. The highest BCUT2D eigenvalue weighted by molar-refractivity contribution is 9.10. The van der Waals surface area contributed by atoms with Gasteiger partial charge in [-0.05, 0) is 70.7 Å². The van der Waals surface area contributed by atoms with Crippen molar-refractivity contribution in [2.75, 3.05) is 13.2 Å². The third kappa shape index (κ3) is 6.96. The number of aliphatic carboxylic acids is 1. The van der Waals surface area contributed by atoms with Gasteiger partial charge in [0.25, 0.3) is 5.91 Å². The molecule has 0 saturated carbocycles. The van der Waals surface area contributed by atoms with E-state index < -0.39 is 5.97 Å². The maximum Gasteiger partial charge on any atom is 0.303 e. The van der Waals surface area contributed by atoms with E-state index in [9.17, 15) is 9.59 Å².